The first-order valence-corrected chi connectivity index (χ1v) is 17.9. The van der Waals surface area contributed by atoms with Crippen LogP contribution < -0.4 is 0 Å². The van der Waals surface area contributed by atoms with Gasteiger partial charge in [-0.25, -0.2) is 4.98 Å². The maximum absolute atomic E-state index is 5.19. The molecule has 0 saturated heterocycles. The summed E-state index contributed by atoms with van der Waals surface area (Å²) in [5, 5.41) is 8.90. The molecule has 0 bridgehead atoms. The fraction of sp³-hybridized carbons (Fsp3) is 0. The molecule has 0 aliphatic heterocycles. The van der Waals surface area contributed by atoms with Gasteiger partial charge in [-0.1, -0.05) is 164 Å². The molecule has 10 rings (SSSR count). The Bertz CT molecular complexity index is 2920. The van der Waals surface area contributed by atoms with Crippen LogP contribution in [0.5, 0.6) is 0 Å². The molecule has 0 N–H and O–H groups in total. The summed E-state index contributed by atoms with van der Waals surface area (Å²) in [6.45, 7) is 0. The minimum absolute atomic E-state index is 0.963. The Balaban J connectivity index is 1.06. The number of benzene rings is 9. The Morgan fingerprint density at radius 2 is 0.654 bits per heavy atom. The summed E-state index contributed by atoms with van der Waals surface area (Å²) in [6.07, 6.45) is 0. The molecular weight excluding hydrogens is 627 g/mol. The Morgan fingerprint density at radius 3 is 1.31 bits per heavy atom. The van der Waals surface area contributed by atoms with Crippen molar-refractivity contribution in [3.63, 3.8) is 0 Å². The van der Waals surface area contributed by atoms with E-state index in [4.69, 9.17) is 4.98 Å². The second kappa shape index (κ2) is 12.5. The maximum Gasteiger partial charge on any atom is 0.0716 e. The van der Waals surface area contributed by atoms with E-state index in [0.717, 1.165) is 22.2 Å². The summed E-state index contributed by atoms with van der Waals surface area (Å²) in [5.41, 5.74) is 12.6. The van der Waals surface area contributed by atoms with Gasteiger partial charge in [-0.2, -0.15) is 0 Å². The van der Waals surface area contributed by atoms with Gasteiger partial charge in [0.1, 0.15) is 0 Å². The minimum Gasteiger partial charge on any atom is -0.248 e. The van der Waals surface area contributed by atoms with Gasteiger partial charge in [0, 0.05) is 10.9 Å². The molecule has 1 nitrogen and oxygen atoms in total. The van der Waals surface area contributed by atoms with Crippen LogP contribution in [0, 0.1) is 0 Å². The maximum atomic E-state index is 5.19. The van der Waals surface area contributed by atoms with E-state index in [1.807, 2.05) is 0 Å². The zero-order chi connectivity index (χ0) is 34.4. The third-order valence-corrected chi connectivity index (χ3v) is 10.4. The number of aromatic nitrogens is 1. The first kappa shape index (κ1) is 30.0. The van der Waals surface area contributed by atoms with Crippen LogP contribution in [0.25, 0.3) is 99.0 Å². The molecule has 1 heterocycles. The lowest BCUT2D eigenvalue weighted by molar-refractivity contribution is 1.40. The summed E-state index contributed by atoms with van der Waals surface area (Å²) >= 11 is 0. The number of nitrogens with zero attached hydrogens (tertiary/aromatic N) is 1. The lowest BCUT2D eigenvalue weighted by Gasteiger charge is -2.13. The molecular formula is C51H33N. The molecule has 0 aliphatic rings. The first-order valence-electron chi connectivity index (χ1n) is 17.9. The van der Waals surface area contributed by atoms with Crippen molar-refractivity contribution < 1.29 is 0 Å². The van der Waals surface area contributed by atoms with Crippen LogP contribution in [0.3, 0.4) is 0 Å². The molecule has 1 aromatic heterocycles. The van der Waals surface area contributed by atoms with Gasteiger partial charge in [-0.05, 0) is 113 Å². The van der Waals surface area contributed by atoms with Gasteiger partial charge in [0.2, 0.25) is 0 Å². The van der Waals surface area contributed by atoms with E-state index >= 15 is 0 Å². The summed E-state index contributed by atoms with van der Waals surface area (Å²) < 4.78 is 0. The largest absolute Gasteiger partial charge is 0.248 e. The van der Waals surface area contributed by atoms with E-state index in [-0.39, 0.29) is 0 Å². The molecule has 0 atom stereocenters. The minimum atomic E-state index is 0.963. The molecule has 9 aromatic carbocycles. The molecule has 0 aliphatic carbocycles. The average Bonchev–Trinajstić information content (AvgIpc) is 3.23. The van der Waals surface area contributed by atoms with Crippen LogP contribution in [0.2, 0.25) is 0 Å². The van der Waals surface area contributed by atoms with Crippen LogP contribution in [-0.2, 0) is 0 Å². The second-order valence-corrected chi connectivity index (χ2v) is 13.5. The smallest absolute Gasteiger partial charge is 0.0716 e. The van der Waals surface area contributed by atoms with Crippen LogP contribution in [0.15, 0.2) is 200 Å². The van der Waals surface area contributed by atoms with Crippen LogP contribution in [0.1, 0.15) is 0 Å². The van der Waals surface area contributed by atoms with Gasteiger partial charge < -0.3 is 0 Å². The number of hydrogen-bond donors (Lipinski definition) is 0. The van der Waals surface area contributed by atoms with E-state index in [0.29, 0.717) is 0 Å². The number of hydrogen-bond acceptors (Lipinski definition) is 1. The highest BCUT2D eigenvalue weighted by molar-refractivity contribution is 6.25. The quantitative estimate of drug-likeness (QED) is 0.168. The topological polar surface area (TPSA) is 12.9 Å². The van der Waals surface area contributed by atoms with E-state index in [1.54, 1.807) is 0 Å². The first-order chi connectivity index (χ1) is 25.8. The third kappa shape index (κ3) is 5.23. The van der Waals surface area contributed by atoms with Crippen LogP contribution >= 0.6 is 0 Å². The van der Waals surface area contributed by atoms with Crippen LogP contribution in [0.4, 0.5) is 0 Å². The van der Waals surface area contributed by atoms with Gasteiger partial charge in [-0.15, -0.1) is 0 Å². The molecule has 52 heavy (non-hydrogen) atoms. The van der Waals surface area contributed by atoms with E-state index in [9.17, 15) is 0 Å². The van der Waals surface area contributed by atoms with Crippen molar-refractivity contribution >= 4 is 43.2 Å². The van der Waals surface area contributed by atoms with E-state index in [1.165, 1.54) is 76.8 Å². The lowest BCUT2D eigenvalue weighted by atomic mass is 9.91. The van der Waals surface area contributed by atoms with Gasteiger partial charge in [0.15, 0.2) is 0 Å². The molecule has 242 valence electrons. The fourth-order valence-corrected chi connectivity index (χ4v) is 7.88. The van der Waals surface area contributed by atoms with Crippen molar-refractivity contribution in [1.82, 2.24) is 4.98 Å². The van der Waals surface area contributed by atoms with Crippen molar-refractivity contribution in [1.29, 1.82) is 0 Å². The van der Waals surface area contributed by atoms with Gasteiger partial charge in [-0.3, -0.25) is 0 Å². The number of fused-ring (bicyclic) bond motifs is 7. The molecule has 0 radical (unpaired) electrons. The summed E-state index contributed by atoms with van der Waals surface area (Å²) in [6, 6.07) is 72.3. The Kier molecular flexibility index (Phi) is 7.22. The zero-order valence-electron chi connectivity index (χ0n) is 28.5. The predicted octanol–water partition coefficient (Wildman–Crippen LogP) is 14.0. The van der Waals surface area contributed by atoms with E-state index in [2.05, 4.69) is 200 Å². The second-order valence-electron chi connectivity index (χ2n) is 13.5. The number of para-hydroxylation sites is 1. The normalized spacial score (nSPS) is 11.5. The van der Waals surface area contributed by atoms with Gasteiger partial charge >= 0.3 is 0 Å². The summed E-state index contributed by atoms with van der Waals surface area (Å²) in [4.78, 5) is 5.19. The standard InChI is InChI=1S/C51H33N/c1-2-13-34(14-3-1)35-15-11-19-40(30-35)48-33-51(52-50-26-9-8-25-47(48)50)41-20-12-18-38(31-41)36-16-10-17-37(29-36)39-27-28-46-44-23-5-4-21-42(44)43-22-6-7-24-45(43)49(46)32-39/h1-33H. The number of rotatable bonds is 5. The van der Waals surface area contributed by atoms with Crippen molar-refractivity contribution in [2.45, 2.75) is 0 Å². The molecule has 0 amide bonds. The molecule has 0 spiro atoms. The molecule has 0 unspecified atom stereocenters. The highest BCUT2D eigenvalue weighted by Crippen LogP contribution is 2.39. The Morgan fingerprint density at radius 1 is 0.231 bits per heavy atom. The van der Waals surface area contributed by atoms with Crippen molar-refractivity contribution in [2.24, 2.45) is 0 Å². The van der Waals surface area contributed by atoms with Crippen molar-refractivity contribution in [2.75, 3.05) is 0 Å². The third-order valence-electron chi connectivity index (χ3n) is 10.4. The lowest BCUT2D eigenvalue weighted by Crippen LogP contribution is -1.91. The fourth-order valence-electron chi connectivity index (χ4n) is 7.88. The highest BCUT2D eigenvalue weighted by atomic mass is 14.7. The van der Waals surface area contributed by atoms with E-state index < -0.39 is 0 Å². The van der Waals surface area contributed by atoms with Gasteiger partial charge in [0.05, 0.1) is 11.2 Å². The predicted molar refractivity (Wildman–Crippen MR) is 221 cm³/mol. The molecule has 0 fully saturated rings. The summed E-state index contributed by atoms with van der Waals surface area (Å²) in [5.74, 6) is 0. The number of pyridine rings is 1. The average molecular weight is 660 g/mol. The highest BCUT2D eigenvalue weighted by Gasteiger charge is 2.13. The van der Waals surface area contributed by atoms with Crippen molar-refractivity contribution in [3.05, 3.63) is 200 Å². The van der Waals surface area contributed by atoms with Gasteiger partial charge in [0.25, 0.3) is 0 Å². The SMILES string of the molecule is c1ccc(-c2cccc(-c3cc(-c4cccc(-c5cccc(-c6ccc7c8ccccc8c8ccccc8c7c6)c5)c4)nc4ccccc34)c2)cc1. The van der Waals surface area contributed by atoms with Crippen molar-refractivity contribution in [3.8, 4) is 55.8 Å². The monoisotopic (exact) mass is 659 g/mol. The Labute approximate surface area is 303 Å². The molecule has 0 saturated carbocycles. The molecule has 1 heteroatoms. The molecule has 10 aromatic rings. The summed E-state index contributed by atoms with van der Waals surface area (Å²) in [7, 11) is 0. The van der Waals surface area contributed by atoms with Crippen LogP contribution in [-0.4, -0.2) is 4.98 Å². The Hall–Kier alpha value is -6.83. The zero-order valence-corrected chi connectivity index (χ0v) is 28.5.